The predicted molar refractivity (Wildman–Crippen MR) is 147 cm³/mol. The van der Waals surface area contributed by atoms with Crippen molar-refractivity contribution in [3.63, 3.8) is 0 Å². The minimum Gasteiger partial charge on any atom is -0.357 e. The van der Waals surface area contributed by atoms with Crippen LogP contribution in [0.2, 0.25) is 0 Å². The van der Waals surface area contributed by atoms with Gasteiger partial charge in [0.15, 0.2) is 0 Å². The summed E-state index contributed by atoms with van der Waals surface area (Å²) in [5.74, 6) is -3.50. The smallest absolute Gasteiger partial charge is 0.357 e. The van der Waals surface area contributed by atoms with Crippen LogP contribution in [-0.4, -0.2) is 28.7 Å². The molecule has 3 heterocycles. The third kappa shape index (κ3) is 3.83. The average Bonchev–Trinajstić information content (AvgIpc) is 3.44. The topological polar surface area (TPSA) is 69.7 Å². The quantitative estimate of drug-likeness (QED) is 0.316. The highest BCUT2D eigenvalue weighted by Gasteiger charge is 2.64. The van der Waals surface area contributed by atoms with Crippen LogP contribution in [-0.2, 0) is 20.6 Å². The molecule has 3 amide bonds. The van der Waals surface area contributed by atoms with Crippen molar-refractivity contribution in [2.24, 2.45) is 11.8 Å². The van der Waals surface area contributed by atoms with E-state index in [0.29, 0.717) is 5.69 Å². The highest BCUT2D eigenvalue weighted by molar-refractivity contribution is 6.26. The van der Waals surface area contributed by atoms with Crippen molar-refractivity contribution in [3.05, 3.63) is 114 Å². The molecule has 0 aliphatic carbocycles. The number of fused-ring (bicyclic) bond motifs is 6. The summed E-state index contributed by atoms with van der Waals surface area (Å²) in [6.45, 7) is 0. The van der Waals surface area contributed by atoms with Crippen molar-refractivity contribution in [1.82, 2.24) is 4.90 Å². The number of carbonyl (C=O) groups is 3. The molecule has 4 aromatic carbocycles. The third-order valence-corrected chi connectivity index (χ3v) is 8.20. The van der Waals surface area contributed by atoms with Crippen molar-refractivity contribution < 1.29 is 27.6 Å². The Morgan fingerprint density at radius 2 is 1.51 bits per heavy atom. The van der Waals surface area contributed by atoms with E-state index < -0.39 is 53.4 Å². The van der Waals surface area contributed by atoms with Crippen LogP contribution in [0.25, 0.3) is 16.8 Å². The Balaban J connectivity index is 1.32. The highest BCUT2D eigenvalue weighted by atomic mass is 19.4. The summed E-state index contributed by atoms with van der Waals surface area (Å²) < 4.78 is 40.0. The Morgan fingerprint density at radius 3 is 2.34 bits per heavy atom. The van der Waals surface area contributed by atoms with Gasteiger partial charge in [0.2, 0.25) is 17.7 Å². The Labute approximate surface area is 232 Å². The van der Waals surface area contributed by atoms with Crippen LogP contribution in [0, 0.1) is 11.8 Å². The highest BCUT2D eigenvalue weighted by Crippen LogP contribution is 2.53. The number of amides is 3. The fourth-order valence-electron chi connectivity index (χ4n) is 6.49. The average molecular weight is 554 g/mol. The molecule has 0 spiro atoms. The molecule has 0 aromatic heterocycles. The number of nitrogens with one attached hydrogen (secondary N) is 1. The number of carbonyl (C=O) groups excluding carboxylic acids is 3. The van der Waals surface area contributed by atoms with E-state index in [0.717, 1.165) is 34.0 Å². The zero-order valence-electron chi connectivity index (χ0n) is 21.4. The lowest BCUT2D eigenvalue weighted by atomic mass is 9.84. The van der Waals surface area contributed by atoms with Crippen LogP contribution in [0.3, 0.4) is 0 Å². The summed E-state index contributed by atoms with van der Waals surface area (Å²) in [4.78, 5) is 45.1. The van der Waals surface area contributed by atoms with Gasteiger partial charge in [0.1, 0.15) is 6.04 Å². The second-order valence-corrected chi connectivity index (χ2v) is 10.4. The summed E-state index contributed by atoms with van der Waals surface area (Å²) in [6, 6.07) is 22.9. The second kappa shape index (κ2) is 9.05. The van der Waals surface area contributed by atoms with Gasteiger partial charge in [-0.2, -0.15) is 13.2 Å². The molecule has 9 heteroatoms. The molecule has 2 fully saturated rings. The van der Waals surface area contributed by atoms with Gasteiger partial charge in [0.25, 0.3) is 0 Å². The van der Waals surface area contributed by atoms with E-state index in [-0.39, 0.29) is 5.69 Å². The molecule has 1 N–H and O–H groups in total. The summed E-state index contributed by atoms with van der Waals surface area (Å²) in [7, 11) is 0. The number of hydrogen-bond donors (Lipinski definition) is 1. The molecule has 7 rings (SSSR count). The van der Waals surface area contributed by atoms with E-state index in [9.17, 15) is 27.6 Å². The lowest BCUT2D eigenvalue weighted by molar-refractivity contribution is -0.137. The van der Waals surface area contributed by atoms with Crippen LogP contribution in [0.15, 0.2) is 97.2 Å². The first-order chi connectivity index (χ1) is 19.7. The van der Waals surface area contributed by atoms with Gasteiger partial charge in [-0.1, -0.05) is 66.7 Å². The maximum atomic E-state index is 14.2. The zero-order valence-corrected chi connectivity index (χ0v) is 21.4. The van der Waals surface area contributed by atoms with Gasteiger partial charge in [-0.15, -0.1) is 0 Å². The van der Waals surface area contributed by atoms with Gasteiger partial charge in [-0.3, -0.25) is 14.4 Å². The van der Waals surface area contributed by atoms with E-state index in [1.165, 1.54) is 17.0 Å². The molecule has 0 saturated carbocycles. The SMILES string of the molecule is O=C(Nc1cccc(C(F)(F)F)c1)C1C2C(=O)N(c3cccc4ccccc34)C(=O)C2C2c3ccccc3C=CN12. The standard InChI is InChI=1S/C32H22F3N3O3/c33-32(34,35)20-10-6-11-21(17-20)36-29(39)28-26-25(27-23-13-4-2-8-19(23)15-16-37(27)28)30(40)38(31(26)41)24-14-5-9-18-7-1-3-12-22(18)24/h1-17,25-28H,(H,36,39). The Kier molecular flexibility index (Phi) is 5.54. The van der Waals surface area contributed by atoms with Gasteiger partial charge in [0, 0.05) is 17.3 Å². The first kappa shape index (κ1) is 25.1. The summed E-state index contributed by atoms with van der Waals surface area (Å²) >= 11 is 0. The monoisotopic (exact) mass is 553 g/mol. The third-order valence-electron chi connectivity index (χ3n) is 8.20. The maximum absolute atomic E-state index is 14.2. The Bertz CT molecular complexity index is 1780. The molecule has 204 valence electrons. The van der Waals surface area contributed by atoms with E-state index >= 15 is 0 Å². The second-order valence-electron chi connectivity index (χ2n) is 10.4. The number of nitrogens with zero attached hydrogens (tertiary/aromatic N) is 2. The molecule has 4 aromatic rings. The van der Waals surface area contributed by atoms with Gasteiger partial charge < -0.3 is 10.2 Å². The molecule has 6 nitrogen and oxygen atoms in total. The lowest BCUT2D eigenvalue weighted by Crippen LogP contribution is -2.46. The zero-order chi connectivity index (χ0) is 28.5. The van der Waals surface area contributed by atoms with Crippen LogP contribution in [0.5, 0.6) is 0 Å². The largest absolute Gasteiger partial charge is 0.416 e. The predicted octanol–water partition coefficient (Wildman–Crippen LogP) is 6.01. The Hall–Kier alpha value is -4.92. The number of hydrogen-bond acceptors (Lipinski definition) is 4. The van der Waals surface area contributed by atoms with Crippen molar-refractivity contribution in [3.8, 4) is 0 Å². The molecule has 4 atom stereocenters. The number of benzene rings is 4. The van der Waals surface area contributed by atoms with Crippen LogP contribution < -0.4 is 10.2 Å². The minimum absolute atomic E-state index is 0.0473. The van der Waals surface area contributed by atoms with Gasteiger partial charge in [-0.25, -0.2) is 4.90 Å². The minimum atomic E-state index is -4.59. The van der Waals surface area contributed by atoms with Gasteiger partial charge in [0.05, 0.1) is 29.1 Å². The molecule has 3 aliphatic rings. The number of anilines is 2. The summed E-state index contributed by atoms with van der Waals surface area (Å²) in [5, 5.41) is 4.17. The van der Waals surface area contributed by atoms with Crippen LogP contribution in [0.4, 0.5) is 24.5 Å². The Morgan fingerprint density at radius 1 is 0.805 bits per heavy atom. The first-order valence-corrected chi connectivity index (χ1v) is 13.1. The van der Waals surface area contributed by atoms with Gasteiger partial charge in [-0.05, 0) is 46.9 Å². The molecule has 4 unspecified atom stereocenters. The van der Waals surface area contributed by atoms with Gasteiger partial charge >= 0.3 is 6.18 Å². The molecule has 3 aliphatic heterocycles. The van der Waals surface area contributed by atoms with Crippen LogP contribution in [0.1, 0.15) is 22.7 Å². The lowest BCUT2D eigenvalue weighted by Gasteiger charge is -2.35. The maximum Gasteiger partial charge on any atom is 0.416 e. The van der Waals surface area contributed by atoms with E-state index in [4.69, 9.17) is 0 Å². The van der Waals surface area contributed by atoms with E-state index in [2.05, 4.69) is 5.32 Å². The summed E-state index contributed by atoms with van der Waals surface area (Å²) in [5.41, 5.74) is 1.17. The van der Waals surface area contributed by atoms with E-state index in [1.54, 1.807) is 23.2 Å². The fraction of sp³-hybridized carbons (Fsp3) is 0.156. The van der Waals surface area contributed by atoms with Crippen LogP contribution >= 0.6 is 0 Å². The van der Waals surface area contributed by atoms with Crippen molar-refractivity contribution in [2.45, 2.75) is 18.3 Å². The fourth-order valence-corrected chi connectivity index (χ4v) is 6.49. The van der Waals surface area contributed by atoms with Crippen molar-refractivity contribution in [2.75, 3.05) is 10.2 Å². The molecule has 41 heavy (non-hydrogen) atoms. The summed E-state index contributed by atoms with van der Waals surface area (Å²) in [6.07, 6.45) is -1.07. The molecular weight excluding hydrogens is 531 g/mol. The number of rotatable bonds is 3. The van der Waals surface area contributed by atoms with E-state index in [1.807, 2.05) is 60.7 Å². The first-order valence-electron chi connectivity index (χ1n) is 13.1. The molecule has 0 bridgehead atoms. The number of alkyl halides is 3. The molecule has 0 radical (unpaired) electrons. The molecular formula is C32H22F3N3O3. The normalized spacial score (nSPS) is 23.0. The molecule has 2 saturated heterocycles. The van der Waals surface area contributed by atoms with Crippen molar-refractivity contribution >= 4 is 45.9 Å². The number of halogens is 3. The van der Waals surface area contributed by atoms with Crippen molar-refractivity contribution in [1.29, 1.82) is 0 Å². The number of imide groups is 1.